The Bertz CT molecular complexity index is 1190. The maximum Gasteiger partial charge on any atom is 0.334 e. The highest BCUT2D eigenvalue weighted by Crippen LogP contribution is 2.28. The van der Waals surface area contributed by atoms with E-state index in [0.29, 0.717) is 0 Å². The van der Waals surface area contributed by atoms with Crippen LogP contribution in [-0.4, -0.2) is 63.4 Å². The van der Waals surface area contributed by atoms with E-state index in [1.54, 1.807) is 0 Å². The molecule has 8 heteroatoms. The molecule has 35 heavy (non-hydrogen) atoms. The molecular weight excluding hydrogens is 448 g/mol. The molecule has 3 rings (SSSR count). The highest BCUT2D eigenvalue weighted by Gasteiger charge is 2.27. The number of carbonyl (C=O) groups excluding carboxylic acids is 1. The lowest BCUT2D eigenvalue weighted by molar-refractivity contribution is -0.147. The maximum absolute atomic E-state index is 12.8. The van der Waals surface area contributed by atoms with Gasteiger partial charge in [-0.25, -0.2) is 14.4 Å². The molecule has 0 spiro atoms. The first-order valence-electron chi connectivity index (χ1n) is 11.4. The van der Waals surface area contributed by atoms with Crippen LogP contribution < -0.4 is 5.32 Å². The molecule has 2 amide bonds. The Morgan fingerprint density at radius 1 is 0.857 bits per heavy atom. The van der Waals surface area contributed by atoms with Gasteiger partial charge in [0.05, 0.1) is 6.54 Å². The number of carboxylic acids is 2. The van der Waals surface area contributed by atoms with Gasteiger partial charge in [0.15, 0.2) is 6.10 Å². The first-order chi connectivity index (χ1) is 16.7. The van der Waals surface area contributed by atoms with Gasteiger partial charge in [0.1, 0.15) is 6.04 Å². The Morgan fingerprint density at radius 2 is 1.51 bits per heavy atom. The van der Waals surface area contributed by atoms with Gasteiger partial charge in [-0.15, -0.1) is 0 Å². The van der Waals surface area contributed by atoms with Crippen molar-refractivity contribution in [3.63, 3.8) is 0 Å². The number of rotatable bonds is 10. The van der Waals surface area contributed by atoms with Gasteiger partial charge >= 0.3 is 18.0 Å². The predicted molar refractivity (Wildman–Crippen MR) is 133 cm³/mol. The van der Waals surface area contributed by atoms with Gasteiger partial charge < -0.3 is 25.5 Å². The van der Waals surface area contributed by atoms with Gasteiger partial charge in [-0.1, -0.05) is 80.6 Å². The Balaban J connectivity index is 1.74. The summed E-state index contributed by atoms with van der Waals surface area (Å²) in [7, 11) is 0. The average molecular weight is 479 g/mol. The van der Waals surface area contributed by atoms with Gasteiger partial charge in [0, 0.05) is 13.0 Å². The fraction of sp³-hybridized carbons (Fsp3) is 0.296. The Morgan fingerprint density at radius 3 is 2.14 bits per heavy atom. The zero-order valence-corrected chi connectivity index (χ0v) is 19.7. The molecule has 0 aliphatic heterocycles. The number of nitrogens with zero attached hydrogens (tertiary/aromatic N) is 1. The maximum atomic E-state index is 12.8. The van der Waals surface area contributed by atoms with E-state index in [1.807, 2.05) is 74.5 Å². The van der Waals surface area contributed by atoms with E-state index in [4.69, 9.17) is 5.11 Å². The van der Waals surface area contributed by atoms with Crippen LogP contribution in [0.4, 0.5) is 4.79 Å². The minimum Gasteiger partial charge on any atom is -0.480 e. The molecule has 3 aromatic carbocycles. The summed E-state index contributed by atoms with van der Waals surface area (Å²) >= 11 is 0. The SMILES string of the molecule is CC(C)CN(CC(O)C(=O)O)C(=O)N[C@@H](Cc1ccc(-c2cccc3ccccc23)cc1)C(=O)O. The van der Waals surface area contributed by atoms with Gasteiger partial charge in [-0.3, -0.25) is 0 Å². The topological polar surface area (TPSA) is 127 Å². The van der Waals surface area contributed by atoms with E-state index in [1.165, 1.54) is 0 Å². The molecule has 0 bridgehead atoms. The van der Waals surface area contributed by atoms with E-state index >= 15 is 0 Å². The predicted octanol–water partition coefficient (Wildman–Crippen LogP) is 3.62. The van der Waals surface area contributed by atoms with Crippen LogP contribution >= 0.6 is 0 Å². The zero-order valence-electron chi connectivity index (χ0n) is 19.7. The monoisotopic (exact) mass is 478 g/mol. The van der Waals surface area contributed by atoms with Crippen molar-refractivity contribution in [2.75, 3.05) is 13.1 Å². The molecule has 0 radical (unpaired) electrons. The minimum absolute atomic E-state index is 0.00775. The summed E-state index contributed by atoms with van der Waals surface area (Å²) in [5.41, 5.74) is 2.79. The number of benzene rings is 3. The number of aliphatic hydroxyl groups excluding tert-OH is 1. The first-order valence-corrected chi connectivity index (χ1v) is 11.4. The van der Waals surface area contributed by atoms with Crippen molar-refractivity contribution in [1.82, 2.24) is 10.2 Å². The van der Waals surface area contributed by atoms with Crippen molar-refractivity contribution < 1.29 is 29.7 Å². The average Bonchev–Trinajstić information content (AvgIpc) is 2.82. The largest absolute Gasteiger partial charge is 0.480 e. The molecule has 0 aliphatic rings. The number of urea groups is 1. The van der Waals surface area contributed by atoms with Crippen LogP contribution in [0.5, 0.6) is 0 Å². The number of hydrogen-bond donors (Lipinski definition) is 4. The summed E-state index contributed by atoms with van der Waals surface area (Å²) in [6.07, 6.45) is -1.71. The molecular formula is C27H30N2O6. The van der Waals surface area contributed by atoms with Crippen LogP contribution in [0.25, 0.3) is 21.9 Å². The lowest BCUT2D eigenvalue weighted by Crippen LogP contribution is -2.52. The summed E-state index contributed by atoms with van der Waals surface area (Å²) in [5.74, 6) is -2.67. The van der Waals surface area contributed by atoms with E-state index in [0.717, 1.165) is 32.4 Å². The van der Waals surface area contributed by atoms with E-state index in [-0.39, 0.29) is 18.9 Å². The molecule has 184 valence electrons. The van der Waals surface area contributed by atoms with Crippen molar-refractivity contribution in [2.45, 2.75) is 32.4 Å². The van der Waals surface area contributed by atoms with E-state index in [2.05, 4.69) is 11.4 Å². The second kappa shape index (κ2) is 11.5. The molecule has 0 aliphatic carbocycles. The van der Waals surface area contributed by atoms with Crippen molar-refractivity contribution >= 4 is 28.7 Å². The summed E-state index contributed by atoms with van der Waals surface area (Å²) in [4.78, 5) is 36.8. The number of amides is 2. The highest BCUT2D eigenvalue weighted by molar-refractivity contribution is 5.96. The highest BCUT2D eigenvalue weighted by atomic mass is 16.4. The van der Waals surface area contributed by atoms with Crippen molar-refractivity contribution in [2.24, 2.45) is 5.92 Å². The Kier molecular flexibility index (Phi) is 8.43. The fourth-order valence-electron chi connectivity index (χ4n) is 3.94. The molecule has 0 heterocycles. The van der Waals surface area contributed by atoms with Gasteiger partial charge in [-0.2, -0.15) is 0 Å². The van der Waals surface area contributed by atoms with Crippen molar-refractivity contribution in [3.05, 3.63) is 72.3 Å². The van der Waals surface area contributed by atoms with Crippen LogP contribution in [0, 0.1) is 5.92 Å². The third-order valence-electron chi connectivity index (χ3n) is 5.64. The number of aliphatic hydroxyl groups is 1. The summed E-state index contributed by atoms with van der Waals surface area (Å²) in [6.45, 7) is 3.40. The molecule has 8 nitrogen and oxygen atoms in total. The molecule has 1 unspecified atom stereocenters. The van der Waals surface area contributed by atoms with Crippen LogP contribution in [0.2, 0.25) is 0 Å². The smallest absolute Gasteiger partial charge is 0.334 e. The third-order valence-corrected chi connectivity index (χ3v) is 5.64. The van der Waals surface area contributed by atoms with Crippen molar-refractivity contribution in [3.8, 4) is 11.1 Å². The standard InChI is InChI=1S/C27H30N2O6/c1-17(2)15-29(16-24(30)26(33)34)27(35)28-23(25(31)32)14-18-10-12-20(13-11-18)22-9-5-7-19-6-3-4-8-21(19)22/h3-13,17,23-24,30H,14-16H2,1-2H3,(H,28,35)(H,31,32)(H,33,34)/t23-,24?/m0/s1. The number of hydrogen-bond acceptors (Lipinski definition) is 4. The molecule has 0 saturated carbocycles. The molecule has 0 fully saturated rings. The molecule has 4 N–H and O–H groups in total. The number of fused-ring (bicyclic) bond motifs is 1. The number of aliphatic carboxylic acids is 2. The number of carbonyl (C=O) groups is 3. The zero-order chi connectivity index (χ0) is 25.5. The van der Waals surface area contributed by atoms with Crippen LogP contribution in [0.1, 0.15) is 19.4 Å². The summed E-state index contributed by atoms with van der Waals surface area (Å²) < 4.78 is 0. The second-order valence-electron chi connectivity index (χ2n) is 8.92. The first kappa shape index (κ1) is 25.7. The third kappa shape index (κ3) is 6.80. The number of carboxylic acid groups (broad SMARTS) is 2. The second-order valence-corrected chi connectivity index (χ2v) is 8.92. The van der Waals surface area contributed by atoms with Crippen LogP contribution in [0.15, 0.2) is 66.7 Å². The fourth-order valence-corrected chi connectivity index (χ4v) is 3.94. The number of nitrogens with one attached hydrogen (secondary N) is 1. The normalized spacial score (nSPS) is 12.8. The molecule has 2 atom stereocenters. The lowest BCUT2D eigenvalue weighted by atomic mass is 9.96. The van der Waals surface area contributed by atoms with Crippen LogP contribution in [-0.2, 0) is 16.0 Å². The Labute approximate surface area is 203 Å². The van der Waals surface area contributed by atoms with Crippen LogP contribution in [0.3, 0.4) is 0 Å². The lowest BCUT2D eigenvalue weighted by Gasteiger charge is -2.27. The van der Waals surface area contributed by atoms with Gasteiger partial charge in [0.2, 0.25) is 0 Å². The van der Waals surface area contributed by atoms with Gasteiger partial charge in [0.25, 0.3) is 0 Å². The molecule has 3 aromatic rings. The van der Waals surface area contributed by atoms with Gasteiger partial charge in [-0.05, 0) is 33.4 Å². The van der Waals surface area contributed by atoms with E-state index < -0.39 is 36.7 Å². The minimum atomic E-state index is -1.76. The Hall–Kier alpha value is -3.91. The molecule has 0 aromatic heterocycles. The van der Waals surface area contributed by atoms with E-state index in [9.17, 15) is 24.6 Å². The molecule has 0 saturated heterocycles. The summed E-state index contributed by atoms with van der Waals surface area (Å²) in [6, 6.07) is 19.7. The quantitative estimate of drug-likeness (QED) is 0.353. The van der Waals surface area contributed by atoms with Crippen molar-refractivity contribution in [1.29, 1.82) is 0 Å². The summed E-state index contributed by atoms with van der Waals surface area (Å²) in [5, 5.41) is 33.1.